The van der Waals surface area contributed by atoms with Gasteiger partial charge in [0, 0.05) is 5.02 Å². The van der Waals surface area contributed by atoms with Crippen molar-refractivity contribution in [1.29, 1.82) is 0 Å². The molecule has 4 aromatic rings. The molecule has 0 saturated carbocycles. The van der Waals surface area contributed by atoms with E-state index in [9.17, 15) is 18.0 Å². The summed E-state index contributed by atoms with van der Waals surface area (Å²) < 4.78 is 33.3. The molecule has 0 radical (unpaired) electrons. The van der Waals surface area contributed by atoms with E-state index >= 15 is 0 Å². The van der Waals surface area contributed by atoms with Crippen LogP contribution in [0.2, 0.25) is 5.02 Å². The fourth-order valence-electron chi connectivity index (χ4n) is 3.56. The Morgan fingerprint density at radius 1 is 0.946 bits per heavy atom. The monoisotopic (exact) mass is 537 g/mol. The Hall–Kier alpha value is -4.08. The number of rotatable bonds is 9. The summed E-state index contributed by atoms with van der Waals surface area (Å²) in [5.74, 6) is -0.484. The van der Waals surface area contributed by atoms with E-state index in [2.05, 4.69) is 10.6 Å². The number of nitrogens with one attached hydrogen (secondary N) is 2. The van der Waals surface area contributed by atoms with E-state index in [1.54, 1.807) is 73.7 Å². The molecule has 190 valence electrons. The topological polar surface area (TPSA) is 109 Å². The van der Waals surface area contributed by atoms with Gasteiger partial charge in [0.2, 0.25) is 5.91 Å². The number of nitrogens with zero attached hydrogens (tertiary/aromatic N) is 1. The van der Waals surface area contributed by atoms with Crippen molar-refractivity contribution in [3.63, 3.8) is 0 Å². The van der Waals surface area contributed by atoms with E-state index in [1.807, 2.05) is 0 Å². The van der Waals surface area contributed by atoms with Gasteiger partial charge in [-0.3, -0.25) is 13.9 Å². The number of sulfonamides is 1. The van der Waals surface area contributed by atoms with Crippen LogP contribution in [-0.4, -0.2) is 26.8 Å². The zero-order chi connectivity index (χ0) is 26.4. The fourth-order valence-corrected chi connectivity index (χ4v) is 5.17. The first-order chi connectivity index (χ1) is 17.8. The highest BCUT2D eigenvalue weighted by atomic mass is 35.5. The minimum absolute atomic E-state index is 0.0252. The summed E-state index contributed by atoms with van der Waals surface area (Å²) in [6, 6.07) is 22.5. The maximum atomic E-state index is 13.5. The van der Waals surface area contributed by atoms with E-state index in [1.165, 1.54) is 24.5 Å². The first kappa shape index (κ1) is 26.0. The molecule has 8 nitrogen and oxygen atoms in total. The quantitative estimate of drug-likeness (QED) is 0.312. The Balaban J connectivity index is 1.58. The van der Waals surface area contributed by atoms with Crippen molar-refractivity contribution in [2.45, 2.75) is 18.4 Å². The standard InChI is InChI=1S/C27H24ClN3O5S/c1-19-13-14-20(16-24(19)28)31(37(34,35)22-9-3-2-4-10-22)18-26(32)30-25-12-6-5-11-23(25)27(33)29-17-21-8-7-15-36-21/h2-16H,17-18H2,1H3,(H,29,33)(H,30,32). The van der Waals surface area contributed by atoms with Gasteiger partial charge in [-0.05, 0) is 61.0 Å². The lowest BCUT2D eigenvalue weighted by molar-refractivity contribution is -0.114. The van der Waals surface area contributed by atoms with Crippen molar-refractivity contribution >= 4 is 44.8 Å². The van der Waals surface area contributed by atoms with Crippen LogP contribution in [0.1, 0.15) is 21.7 Å². The van der Waals surface area contributed by atoms with Crippen LogP contribution in [0.3, 0.4) is 0 Å². The van der Waals surface area contributed by atoms with Gasteiger partial charge >= 0.3 is 0 Å². The number of carbonyl (C=O) groups excluding carboxylic acids is 2. The average molecular weight is 538 g/mol. The molecule has 2 amide bonds. The number of hydrogen-bond donors (Lipinski definition) is 2. The third kappa shape index (κ3) is 6.19. The van der Waals surface area contributed by atoms with Crippen molar-refractivity contribution in [1.82, 2.24) is 5.32 Å². The number of aryl methyl sites for hydroxylation is 1. The van der Waals surface area contributed by atoms with E-state index in [0.29, 0.717) is 10.8 Å². The largest absolute Gasteiger partial charge is 0.467 e. The highest BCUT2D eigenvalue weighted by Crippen LogP contribution is 2.28. The summed E-state index contributed by atoms with van der Waals surface area (Å²) in [5.41, 5.74) is 1.46. The van der Waals surface area contributed by atoms with Crippen molar-refractivity contribution < 1.29 is 22.4 Å². The zero-order valence-corrected chi connectivity index (χ0v) is 21.4. The molecular formula is C27H24ClN3O5S. The van der Waals surface area contributed by atoms with Crippen LogP contribution >= 0.6 is 11.6 Å². The van der Waals surface area contributed by atoms with Gasteiger partial charge in [0.25, 0.3) is 15.9 Å². The lowest BCUT2D eigenvalue weighted by Crippen LogP contribution is -2.38. The van der Waals surface area contributed by atoms with Gasteiger partial charge in [-0.1, -0.05) is 48.0 Å². The van der Waals surface area contributed by atoms with E-state index in [0.717, 1.165) is 9.87 Å². The smallest absolute Gasteiger partial charge is 0.264 e. The summed E-state index contributed by atoms with van der Waals surface area (Å²) in [4.78, 5) is 25.9. The minimum Gasteiger partial charge on any atom is -0.467 e. The number of anilines is 2. The molecule has 0 unspecified atom stereocenters. The summed E-state index contributed by atoms with van der Waals surface area (Å²) in [7, 11) is -4.11. The average Bonchev–Trinajstić information content (AvgIpc) is 3.42. The second-order valence-electron chi connectivity index (χ2n) is 8.11. The molecule has 1 aromatic heterocycles. The van der Waals surface area contributed by atoms with Crippen LogP contribution in [0.25, 0.3) is 0 Å². The van der Waals surface area contributed by atoms with Gasteiger partial charge in [0.1, 0.15) is 12.3 Å². The number of benzene rings is 3. The van der Waals surface area contributed by atoms with Crippen molar-refractivity contribution in [3.8, 4) is 0 Å². The minimum atomic E-state index is -4.11. The first-order valence-corrected chi connectivity index (χ1v) is 13.1. The second kappa shape index (κ2) is 11.3. The molecule has 0 fully saturated rings. The molecule has 37 heavy (non-hydrogen) atoms. The van der Waals surface area contributed by atoms with Crippen LogP contribution < -0.4 is 14.9 Å². The predicted octanol–water partition coefficient (Wildman–Crippen LogP) is 5.01. The molecule has 0 bridgehead atoms. The van der Waals surface area contributed by atoms with Crippen LogP contribution in [0.4, 0.5) is 11.4 Å². The highest BCUT2D eigenvalue weighted by molar-refractivity contribution is 7.92. The van der Waals surface area contributed by atoms with Crippen LogP contribution in [0.5, 0.6) is 0 Å². The molecule has 0 saturated heterocycles. The summed E-state index contributed by atoms with van der Waals surface area (Å²) >= 11 is 6.27. The molecule has 4 rings (SSSR count). The molecule has 2 N–H and O–H groups in total. The van der Waals surface area contributed by atoms with Gasteiger partial charge in [0.15, 0.2) is 0 Å². The first-order valence-electron chi connectivity index (χ1n) is 11.3. The normalized spacial score (nSPS) is 11.1. The zero-order valence-electron chi connectivity index (χ0n) is 19.8. The van der Waals surface area contributed by atoms with Crippen LogP contribution in [-0.2, 0) is 21.4 Å². The lowest BCUT2D eigenvalue weighted by atomic mass is 10.1. The molecule has 0 aliphatic heterocycles. The van der Waals surface area contributed by atoms with Crippen molar-refractivity contribution in [2.75, 3.05) is 16.2 Å². The molecule has 0 atom stereocenters. The SMILES string of the molecule is Cc1ccc(N(CC(=O)Nc2ccccc2C(=O)NCc2ccco2)S(=O)(=O)c2ccccc2)cc1Cl. The van der Waals surface area contributed by atoms with Gasteiger partial charge in [0.05, 0.1) is 34.6 Å². The maximum absolute atomic E-state index is 13.5. The molecule has 0 aliphatic rings. The number of hydrogen-bond acceptors (Lipinski definition) is 5. The Morgan fingerprint density at radius 2 is 1.68 bits per heavy atom. The molecule has 3 aromatic carbocycles. The third-order valence-electron chi connectivity index (χ3n) is 5.51. The summed E-state index contributed by atoms with van der Waals surface area (Å²) in [5, 5.41) is 5.77. The van der Waals surface area contributed by atoms with Crippen molar-refractivity contribution in [3.05, 3.63) is 113 Å². The Morgan fingerprint density at radius 3 is 2.38 bits per heavy atom. The third-order valence-corrected chi connectivity index (χ3v) is 7.71. The number of para-hydroxylation sites is 1. The van der Waals surface area contributed by atoms with Crippen LogP contribution in [0, 0.1) is 6.92 Å². The molecule has 1 heterocycles. The van der Waals surface area contributed by atoms with E-state index in [4.69, 9.17) is 16.0 Å². The lowest BCUT2D eigenvalue weighted by Gasteiger charge is -2.25. The number of carbonyl (C=O) groups is 2. The number of amides is 2. The predicted molar refractivity (Wildman–Crippen MR) is 142 cm³/mol. The maximum Gasteiger partial charge on any atom is 0.264 e. The molecule has 0 aliphatic carbocycles. The van der Waals surface area contributed by atoms with Crippen LogP contribution in [0.15, 0.2) is 101 Å². The van der Waals surface area contributed by atoms with Crippen molar-refractivity contribution in [2.24, 2.45) is 0 Å². The van der Waals surface area contributed by atoms with Gasteiger partial charge < -0.3 is 15.1 Å². The van der Waals surface area contributed by atoms with E-state index in [-0.39, 0.29) is 28.4 Å². The van der Waals surface area contributed by atoms with Gasteiger partial charge in [-0.2, -0.15) is 0 Å². The summed E-state index contributed by atoms with van der Waals surface area (Å²) in [6.45, 7) is 1.42. The fraction of sp³-hybridized carbons (Fsp3) is 0.111. The Kier molecular flexibility index (Phi) is 7.95. The van der Waals surface area contributed by atoms with Gasteiger partial charge in [-0.25, -0.2) is 8.42 Å². The summed E-state index contributed by atoms with van der Waals surface area (Å²) in [6.07, 6.45) is 1.51. The second-order valence-corrected chi connectivity index (χ2v) is 10.4. The number of halogens is 1. The van der Waals surface area contributed by atoms with E-state index < -0.39 is 28.4 Å². The Labute approximate surface area is 219 Å². The van der Waals surface area contributed by atoms with Gasteiger partial charge in [-0.15, -0.1) is 0 Å². The Bertz CT molecular complexity index is 1510. The molecular weight excluding hydrogens is 514 g/mol. The molecule has 10 heteroatoms. The highest BCUT2D eigenvalue weighted by Gasteiger charge is 2.28. The number of furan rings is 1. The molecule has 0 spiro atoms.